The molecule has 0 aliphatic rings. The van der Waals surface area contributed by atoms with Gasteiger partial charge in [-0.05, 0) is 6.42 Å². The Balaban J connectivity index is 2.60. The van der Waals surface area contributed by atoms with Crippen LogP contribution in [0, 0.1) is 5.92 Å². The fourth-order valence-electron chi connectivity index (χ4n) is 2.42. The summed E-state index contributed by atoms with van der Waals surface area (Å²) < 4.78 is 4.72. The second-order valence-corrected chi connectivity index (χ2v) is 5.91. The molecule has 24 heavy (non-hydrogen) atoms. The fraction of sp³-hybridized carbons (Fsp3) is 0.526. The molecule has 0 saturated heterocycles. The third kappa shape index (κ3) is 6.52. The van der Waals surface area contributed by atoms with Gasteiger partial charge in [0.05, 0.1) is 13.0 Å². The molecular weight excluding hydrogens is 306 g/mol. The molecule has 132 valence electrons. The van der Waals surface area contributed by atoms with Crippen molar-refractivity contribution in [3.05, 3.63) is 35.9 Å². The first-order valence-electron chi connectivity index (χ1n) is 8.43. The number of carbonyl (C=O) groups is 3. The van der Waals surface area contributed by atoms with Crippen molar-refractivity contribution in [1.82, 2.24) is 4.90 Å². The van der Waals surface area contributed by atoms with Crippen LogP contribution in [0.5, 0.6) is 0 Å². The zero-order valence-electron chi connectivity index (χ0n) is 14.8. The Morgan fingerprint density at radius 1 is 1.12 bits per heavy atom. The van der Waals surface area contributed by atoms with E-state index in [0.717, 1.165) is 12.8 Å². The summed E-state index contributed by atoms with van der Waals surface area (Å²) in [7, 11) is 1.34. The number of unbranched alkanes of at least 4 members (excludes halogenated alkanes) is 1. The number of hydrogen-bond acceptors (Lipinski definition) is 4. The van der Waals surface area contributed by atoms with Gasteiger partial charge in [-0.1, -0.05) is 50.6 Å². The maximum atomic E-state index is 12.5. The van der Waals surface area contributed by atoms with Crippen LogP contribution in [0.3, 0.4) is 0 Å². The smallest absolute Gasteiger partial charge is 0.310 e. The number of carbonyl (C=O) groups excluding carboxylic acids is 3. The Labute approximate surface area is 144 Å². The number of esters is 1. The van der Waals surface area contributed by atoms with Crippen LogP contribution in [-0.2, 0) is 14.3 Å². The normalized spacial score (nSPS) is 11.6. The van der Waals surface area contributed by atoms with Crippen molar-refractivity contribution in [2.45, 2.75) is 39.5 Å². The van der Waals surface area contributed by atoms with Crippen molar-refractivity contribution in [3.8, 4) is 0 Å². The number of amides is 1. The van der Waals surface area contributed by atoms with Crippen LogP contribution in [0.1, 0.15) is 49.9 Å². The van der Waals surface area contributed by atoms with Gasteiger partial charge in [0.15, 0.2) is 5.78 Å². The van der Waals surface area contributed by atoms with E-state index in [2.05, 4.69) is 0 Å². The Kier molecular flexibility index (Phi) is 8.76. The van der Waals surface area contributed by atoms with Gasteiger partial charge in [0.2, 0.25) is 5.91 Å². The van der Waals surface area contributed by atoms with Crippen molar-refractivity contribution >= 4 is 17.7 Å². The molecule has 1 rings (SSSR count). The molecule has 0 spiro atoms. The molecule has 0 heterocycles. The van der Waals surface area contributed by atoms with Crippen molar-refractivity contribution in [3.63, 3.8) is 0 Å². The lowest BCUT2D eigenvalue weighted by Crippen LogP contribution is -2.38. The second-order valence-electron chi connectivity index (χ2n) is 5.91. The van der Waals surface area contributed by atoms with E-state index in [9.17, 15) is 14.4 Å². The number of benzene rings is 1. The minimum absolute atomic E-state index is 0.0413. The van der Waals surface area contributed by atoms with Crippen LogP contribution in [0.25, 0.3) is 0 Å². The molecular formula is C19H27NO4. The molecule has 0 fully saturated rings. The average Bonchev–Trinajstić information content (AvgIpc) is 2.62. The zero-order valence-corrected chi connectivity index (χ0v) is 14.8. The van der Waals surface area contributed by atoms with Gasteiger partial charge in [0.25, 0.3) is 0 Å². The Bertz CT molecular complexity index is 542. The van der Waals surface area contributed by atoms with Crippen LogP contribution in [-0.4, -0.2) is 42.8 Å². The van der Waals surface area contributed by atoms with Gasteiger partial charge in [0.1, 0.15) is 0 Å². The number of methoxy groups -OCH3 is 1. The number of ether oxygens (including phenoxy) is 1. The first-order chi connectivity index (χ1) is 11.5. The quantitative estimate of drug-likeness (QED) is 0.487. The van der Waals surface area contributed by atoms with Gasteiger partial charge < -0.3 is 9.64 Å². The summed E-state index contributed by atoms with van der Waals surface area (Å²) in [6.45, 7) is 4.71. The summed E-state index contributed by atoms with van der Waals surface area (Å²) in [5.41, 5.74) is 0.619. The molecule has 1 atom stereocenters. The third-order valence-electron chi connectivity index (χ3n) is 3.89. The highest BCUT2D eigenvalue weighted by molar-refractivity contribution is 5.97. The van der Waals surface area contributed by atoms with Gasteiger partial charge in [-0.3, -0.25) is 14.4 Å². The van der Waals surface area contributed by atoms with E-state index in [4.69, 9.17) is 4.74 Å². The van der Waals surface area contributed by atoms with Crippen molar-refractivity contribution in [2.24, 2.45) is 5.92 Å². The van der Waals surface area contributed by atoms with E-state index in [1.807, 2.05) is 13.0 Å². The molecule has 1 amide bonds. The largest absolute Gasteiger partial charge is 0.469 e. The minimum Gasteiger partial charge on any atom is -0.469 e. The highest BCUT2D eigenvalue weighted by atomic mass is 16.5. The molecule has 1 unspecified atom stereocenters. The Morgan fingerprint density at radius 2 is 1.79 bits per heavy atom. The molecule has 0 radical (unpaired) electrons. The predicted octanol–water partition coefficient (Wildman–Crippen LogP) is 3.09. The van der Waals surface area contributed by atoms with E-state index in [1.165, 1.54) is 7.11 Å². The summed E-state index contributed by atoms with van der Waals surface area (Å²) in [6, 6.07) is 8.96. The Hall–Kier alpha value is -2.17. The summed E-state index contributed by atoms with van der Waals surface area (Å²) in [6.07, 6.45) is 2.16. The molecule has 0 saturated carbocycles. The minimum atomic E-state index is -0.374. The predicted molar refractivity (Wildman–Crippen MR) is 92.7 cm³/mol. The molecule has 1 aromatic rings. The highest BCUT2D eigenvalue weighted by Gasteiger charge is 2.21. The molecule has 0 aromatic heterocycles. The Morgan fingerprint density at radius 3 is 2.38 bits per heavy atom. The lowest BCUT2D eigenvalue weighted by molar-refractivity contribution is -0.146. The van der Waals surface area contributed by atoms with Crippen LogP contribution in [0.2, 0.25) is 0 Å². The molecule has 0 bridgehead atoms. The van der Waals surface area contributed by atoms with Crippen molar-refractivity contribution in [1.29, 1.82) is 0 Å². The molecule has 0 aliphatic carbocycles. The molecule has 1 aromatic carbocycles. The average molecular weight is 333 g/mol. The van der Waals surface area contributed by atoms with E-state index in [0.29, 0.717) is 18.7 Å². The second kappa shape index (κ2) is 10.6. The number of rotatable bonds is 10. The monoisotopic (exact) mass is 333 g/mol. The maximum absolute atomic E-state index is 12.5. The SMILES string of the molecule is CCCCN(CC(C)C(=O)OC)C(=O)CCC(=O)c1ccccc1. The van der Waals surface area contributed by atoms with Gasteiger partial charge in [-0.15, -0.1) is 0 Å². The van der Waals surface area contributed by atoms with Gasteiger partial charge >= 0.3 is 5.97 Å². The number of nitrogens with zero attached hydrogens (tertiary/aromatic N) is 1. The first-order valence-corrected chi connectivity index (χ1v) is 8.43. The van der Waals surface area contributed by atoms with E-state index in [1.54, 1.807) is 36.1 Å². The van der Waals surface area contributed by atoms with Gasteiger partial charge in [-0.25, -0.2) is 0 Å². The fourth-order valence-corrected chi connectivity index (χ4v) is 2.42. The topological polar surface area (TPSA) is 63.7 Å². The van der Waals surface area contributed by atoms with Crippen LogP contribution >= 0.6 is 0 Å². The lowest BCUT2D eigenvalue weighted by Gasteiger charge is -2.25. The first kappa shape index (κ1) is 19.9. The lowest BCUT2D eigenvalue weighted by atomic mass is 10.1. The summed E-state index contributed by atoms with van der Waals surface area (Å²) >= 11 is 0. The number of hydrogen-bond donors (Lipinski definition) is 0. The highest BCUT2D eigenvalue weighted by Crippen LogP contribution is 2.10. The summed E-state index contributed by atoms with van der Waals surface area (Å²) in [4.78, 5) is 37.8. The number of Topliss-reactive ketones (excluding diaryl/α,β-unsaturated/α-hetero) is 1. The molecule has 0 aliphatic heterocycles. The van der Waals surface area contributed by atoms with Crippen molar-refractivity contribution < 1.29 is 19.1 Å². The van der Waals surface area contributed by atoms with Crippen molar-refractivity contribution in [2.75, 3.05) is 20.2 Å². The maximum Gasteiger partial charge on any atom is 0.310 e. The molecule has 5 nitrogen and oxygen atoms in total. The third-order valence-corrected chi connectivity index (χ3v) is 3.89. The van der Waals surface area contributed by atoms with E-state index < -0.39 is 0 Å². The standard InChI is InChI=1S/C19H27NO4/c1-4-5-13-20(14-15(2)19(23)24-3)18(22)12-11-17(21)16-9-7-6-8-10-16/h6-10,15H,4-5,11-14H2,1-3H3. The zero-order chi connectivity index (χ0) is 17.9. The molecule has 5 heteroatoms. The van der Waals surface area contributed by atoms with Crippen LogP contribution in [0.15, 0.2) is 30.3 Å². The summed E-state index contributed by atoms with van der Waals surface area (Å²) in [5.74, 6) is -0.839. The van der Waals surface area contributed by atoms with E-state index >= 15 is 0 Å². The molecule has 0 N–H and O–H groups in total. The van der Waals surface area contributed by atoms with E-state index in [-0.39, 0.29) is 36.4 Å². The van der Waals surface area contributed by atoms with Gasteiger partial charge in [0, 0.05) is 31.5 Å². The van der Waals surface area contributed by atoms with Crippen LogP contribution < -0.4 is 0 Å². The number of ketones is 1. The van der Waals surface area contributed by atoms with Gasteiger partial charge in [-0.2, -0.15) is 0 Å². The summed E-state index contributed by atoms with van der Waals surface area (Å²) in [5, 5.41) is 0. The van der Waals surface area contributed by atoms with Crippen LogP contribution in [0.4, 0.5) is 0 Å².